The van der Waals surface area contributed by atoms with Gasteiger partial charge in [-0.1, -0.05) is 0 Å². The second-order valence-corrected chi connectivity index (χ2v) is 5.73. The van der Waals surface area contributed by atoms with Gasteiger partial charge in [0.15, 0.2) is 0 Å². The lowest BCUT2D eigenvalue weighted by Crippen LogP contribution is -2.42. The number of hydrogen-bond acceptors (Lipinski definition) is 4. The number of likely N-dealkylation sites (tertiary alicyclic amines) is 1. The topological polar surface area (TPSA) is 41.6 Å². The van der Waals surface area contributed by atoms with Gasteiger partial charge in [0.1, 0.15) is 5.82 Å². The number of halogens is 1. The molecule has 0 aliphatic carbocycles. The lowest BCUT2D eigenvalue weighted by Gasteiger charge is -2.35. The number of benzene rings is 1. The molecule has 0 bridgehead atoms. The summed E-state index contributed by atoms with van der Waals surface area (Å²) in [6.45, 7) is 6.40. The van der Waals surface area contributed by atoms with Crippen LogP contribution in [0.3, 0.4) is 0 Å². The van der Waals surface area contributed by atoms with E-state index in [-0.39, 0.29) is 11.9 Å². The maximum absolute atomic E-state index is 13.4. The molecule has 1 aliphatic heterocycles. The van der Waals surface area contributed by atoms with Crippen LogP contribution in [-0.4, -0.2) is 43.2 Å². The number of ether oxygens (including phenoxy) is 1. The lowest BCUT2D eigenvalue weighted by atomic mass is 10.0. The van der Waals surface area contributed by atoms with Crippen LogP contribution in [0.5, 0.6) is 0 Å². The van der Waals surface area contributed by atoms with Crippen LogP contribution in [0, 0.1) is 5.82 Å². The van der Waals surface area contributed by atoms with Crippen LogP contribution in [0.4, 0.5) is 10.1 Å². The Morgan fingerprint density at radius 1 is 1.38 bits per heavy atom. The van der Waals surface area contributed by atoms with Crippen LogP contribution in [0.25, 0.3) is 0 Å². The van der Waals surface area contributed by atoms with Crippen molar-refractivity contribution >= 4 is 11.7 Å². The summed E-state index contributed by atoms with van der Waals surface area (Å²) in [5.41, 5.74) is 0.898. The Kier molecular flexibility index (Phi) is 5.17. The van der Waals surface area contributed by atoms with E-state index in [0.717, 1.165) is 25.9 Å². The number of anilines is 1. The minimum atomic E-state index is -0.447. The minimum absolute atomic E-state index is 0.255. The van der Waals surface area contributed by atoms with Gasteiger partial charge >= 0.3 is 5.97 Å². The van der Waals surface area contributed by atoms with Crippen LogP contribution in [0.15, 0.2) is 18.2 Å². The van der Waals surface area contributed by atoms with Gasteiger partial charge in [0.05, 0.1) is 18.4 Å². The number of esters is 1. The highest BCUT2D eigenvalue weighted by Crippen LogP contribution is 2.23. The summed E-state index contributed by atoms with van der Waals surface area (Å²) >= 11 is 0. The average molecular weight is 294 g/mol. The van der Waals surface area contributed by atoms with E-state index < -0.39 is 5.97 Å². The van der Waals surface area contributed by atoms with Crippen molar-refractivity contribution < 1.29 is 13.9 Å². The molecule has 1 fully saturated rings. The largest absolute Gasteiger partial charge is 0.465 e. The van der Waals surface area contributed by atoms with Crippen LogP contribution in [0.1, 0.15) is 37.0 Å². The fourth-order valence-corrected chi connectivity index (χ4v) is 2.70. The molecule has 1 N–H and O–H groups in total. The predicted octanol–water partition coefficient (Wildman–Crippen LogP) is 2.90. The molecule has 0 aromatic heterocycles. The van der Waals surface area contributed by atoms with E-state index in [2.05, 4.69) is 24.1 Å². The maximum atomic E-state index is 13.4. The first-order valence-electron chi connectivity index (χ1n) is 7.39. The Bertz CT molecular complexity index is 497. The van der Waals surface area contributed by atoms with Crippen LogP contribution in [0.2, 0.25) is 0 Å². The molecule has 0 radical (unpaired) electrons. The van der Waals surface area contributed by atoms with Crippen molar-refractivity contribution in [3.63, 3.8) is 0 Å². The second-order valence-electron chi connectivity index (χ2n) is 5.73. The zero-order valence-corrected chi connectivity index (χ0v) is 12.9. The van der Waals surface area contributed by atoms with Gasteiger partial charge in [0.25, 0.3) is 0 Å². The third kappa shape index (κ3) is 3.94. The monoisotopic (exact) mass is 294 g/mol. The highest BCUT2D eigenvalue weighted by Gasteiger charge is 2.22. The number of carbonyl (C=O) groups is 1. The number of rotatable bonds is 4. The molecule has 5 heteroatoms. The van der Waals surface area contributed by atoms with Crippen molar-refractivity contribution in [3.05, 3.63) is 29.6 Å². The van der Waals surface area contributed by atoms with E-state index in [0.29, 0.717) is 17.3 Å². The molecule has 1 saturated heterocycles. The Balaban J connectivity index is 2.06. The van der Waals surface area contributed by atoms with Crippen molar-refractivity contribution in [3.8, 4) is 0 Å². The first kappa shape index (κ1) is 15.8. The van der Waals surface area contributed by atoms with E-state index in [1.807, 2.05) is 0 Å². The summed E-state index contributed by atoms with van der Waals surface area (Å²) < 4.78 is 18.2. The summed E-state index contributed by atoms with van der Waals surface area (Å²) in [6.07, 6.45) is 1.96. The normalized spacial score (nSPS) is 17.0. The van der Waals surface area contributed by atoms with Gasteiger partial charge in [-0.15, -0.1) is 0 Å². The second kappa shape index (κ2) is 6.89. The summed E-state index contributed by atoms with van der Waals surface area (Å²) in [5, 5.41) is 3.30. The summed E-state index contributed by atoms with van der Waals surface area (Å²) in [7, 11) is 1.33. The molecule has 1 aromatic carbocycles. The smallest absolute Gasteiger partial charge is 0.339 e. The molecule has 2 rings (SSSR count). The van der Waals surface area contributed by atoms with Crippen molar-refractivity contribution in [2.24, 2.45) is 0 Å². The van der Waals surface area contributed by atoms with Gasteiger partial charge in [-0.25, -0.2) is 9.18 Å². The number of nitrogens with one attached hydrogen (secondary N) is 1. The van der Waals surface area contributed by atoms with Gasteiger partial charge < -0.3 is 15.0 Å². The molecule has 1 aromatic rings. The van der Waals surface area contributed by atoms with Gasteiger partial charge in [-0.05, 0) is 44.9 Å². The van der Waals surface area contributed by atoms with Gasteiger partial charge in [-0.3, -0.25) is 0 Å². The first-order chi connectivity index (χ1) is 10.0. The number of nitrogens with zero attached hydrogens (tertiary/aromatic N) is 1. The molecule has 0 amide bonds. The fraction of sp³-hybridized carbons (Fsp3) is 0.562. The molecule has 1 heterocycles. The maximum Gasteiger partial charge on any atom is 0.339 e. The molecule has 4 nitrogen and oxygen atoms in total. The highest BCUT2D eigenvalue weighted by molar-refractivity contribution is 5.95. The van der Waals surface area contributed by atoms with E-state index in [1.54, 1.807) is 0 Å². The number of hydrogen-bond donors (Lipinski definition) is 1. The Labute approximate surface area is 125 Å². The molecule has 116 valence electrons. The highest BCUT2D eigenvalue weighted by atomic mass is 19.1. The van der Waals surface area contributed by atoms with Crippen molar-refractivity contribution in [1.82, 2.24) is 4.90 Å². The van der Waals surface area contributed by atoms with Crippen LogP contribution >= 0.6 is 0 Å². The Hall–Kier alpha value is -1.62. The summed E-state index contributed by atoms with van der Waals surface area (Å²) in [4.78, 5) is 14.2. The van der Waals surface area contributed by atoms with Gasteiger partial charge in [0, 0.05) is 25.2 Å². The predicted molar refractivity (Wildman–Crippen MR) is 81.1 cm³/mol. The summed E-state index contributed by atoms with van der Waals surface area (Å²) in [6, 6.07) is 4.91. The summed E-state index contributed by atoms with van der Waals surface area (Å²) in [5.74, 6) is -0.804. The zero-order valence-electron chi connectivity index (χ0n) is 12.9. The van der Waals surface area contributed by atoms with Crippen LogP contribution in [-0.2, 0) is 4.74 Å². The molecule has 0 saturated carbocycles. The molecular formula is C16H23FN2O2. The molecule has 1 aliphatic rings. The molecule has 0 spiro atoms. The third-order valence-electron chi connectivity index (χ3n) is 4.01. The first-order valence-corrected chi connectivity index (χ1v) is 7.39. The van der Waals surface area contributed by atoms with Crippen LogP contribution < -0.4 is 5.32 Å². The lowest BCUT2D eigenvalue weighted by molar-refractivity contribution is 0.0601. The standard InChI is InChI=1S/C16H23FN2O2/c1-11(2)19-8-6-13(7-9-19)18-15-10-12(17)4-5-14(15)16(20)21-3/h4-5,10-11,13,18H,6-9H2,1-3H3. The van der Waals surface area contributed by atoms with E-state index in [1.165, 1.54) is 25.3 Å². The van der Waals surface area contributed by atoms with Gasteiger partial charge in [-0.2, -0.15) is 0 Å². The fourth-order valence-electron chi connectivity index (χ4n) is 2.70. The average Bonchev–Trinajstić information content (AvgIpc) is 2.47. The molecule has 0 unspecified atom stereocenters. The third-order valence-corrected chi connectivity index (χ3v) is 4.01. The minimum Gasteiger partial charge on any atom is -0.465 e. The molecule has 0 atom stereocenters. The van der Waals surface area contributed by atoms with Crippen molar-refractivity contribution in [2.75, 3.05) is 25.5 Å². The quantitative estimate of drug-likeness (QED) is 0.867. The number of piperidine rings is 1. The van der Waals surface area contributed by atoms with Gasteiger partial charge in [0.2, 0.25) is 0 Å². The number of carbonyl (C=O) groups excluding carboxylic acids is 1. The van der Waals surface area contributed by atoms with E-state index in [9.17, 15) is 9.18 Å². The SMILES string of the molecule is COC(=O)c1ccc(F)cc1NC1CCN(C(C)C)CC1. The zero-order chi connectivity index (χ0) is 15.4. The Morgan fingerprint density at radius 3 is 2.62 bits per heavy atom. The van der Waals surface area contributed by atoms with Crippen molar-refractivity contribution in [2.45, 2.75) is 38.8 Å². The molecular weight excluding hydrogens is 271 g/mol. The van der Waals surface area contributed by atoms with Crippen molar-refractivity contribution in [1.29, 1.82) is 0 Å². The number of methoxy groups -OCH3 is 1. The molecule has 21 heavy (non-hydrogen) atoms. The van der Waals surface area contributed by atoms with E-state index in [4.69, 9.17) is 4.74 Å². The Morgan fingerprint density at radius 2 is 2.05 bits per heavy atom. The van der Waals surface area contributed by atoms with E-state index >= 15 is 0 Å².